The van der Waals surface area contributed by atoms with Gasteiger partial charge in [-0.3, -0.25) is 9.59 Å². The van der Waals surface area contributed by atoms with Crippen molar-refractivity contribution in [1.29, 1.82) is 0 Å². The lowest BCUT2D eigenvalue weighted by Crippen LogP contribution is -2.16. The van der Waals surface area contributed by atoms with Crippen molar-refractivity contribution in [3.05, 3.63) is 89.1 Å². The Labute approximate surface area is 200 Å². The zero-order valence-electron chi connectivity index (χ0n) is 18.7. The number of alkyl halides is 2. The molecule has 0 bridgehead atoms. The van der Waals surface area contributed by atoms with Crippen LogP contribution in [0.3, 0.4) is 0 Å². The Bertz CT molecular complexity index is 1310. The number of nitrogens with zero attached hydrogens (tertiary/aromatic N) is 2. The molecule has 0 spiro atoms. The maximum atomic E-state index is 14.2. The van der Waals surface area contributed by atoms with Gasteiger partial charge in [-0.15, -0.1) is 0 Å². The van der Waals surface area contributed by atoms with Crippen molar-refractivity contribution in [3.63, 3.8) is 0 Å². The monoisotopic (exact) mass is 484 g/mol. The summed E-state index contributed by atoms with van der Waals surface area (Å²) in [6, 6.07) is 10.7. The smallest absolute Gasteiger partial charge is 0.270 e. The highest BCUT2D eigenvalue weighted by molar-refractivity contribution is 6.34. The number of anilines is 1. The van der Waals surface area contributed by atoms with Gasteiger partial charge in [-0.2, -0.15) is 5.10 Å². The van der Waals surface area contributed by atoms with Gasteiger partial charge in [0, 0.05) is 18.6 Å². The zero-order valence-corrected chi connectivity index (χ0v) is 19.4. The quantitative estimate of drug-likeness (QED) is 0.391. The minimum atomic E-state index is -3.02. The first kappa shape index (κ1) is 24.9. The van der Waals surface area contributed by atoms with Crippen molar-refractivity contribution in [1.82, 2.24) is 9.78 Å². The Kier molecular flexibility index (Phi) is 7.02. The fourth-order valence-electron chi connectivity index (χ4n) is 3.60. The molecular weight excluding hydrogens is 462 g/mol. The topological polar surface area (TPSA) is 90.0 Å². The number of nitrogens with one attached hydrogen (secondary N) is 1. The maximum Gasteiger partial charge on any atom is 0.270 e. The molecule has 0 saturated carbocycles. The van der Waals surface area contributed by atoms with Crippen LogP contribution in [0.4, 0.5) is 14.6 Å². The van der Waals surface area contributed by atoms with Gasteiger partial charge in [-0.05, 0) is 41.3 Å². The minimum absolute atomic E-state index is 0.0701. The van der Waals surface area contributed by atoms with Crippen LogP contribution in [0, 0.1) is 0 Å². The fourth-order valence-corrected chi connectivity index (χ4v) is 3.80. The minimum Gasteiger partial charge on any atom is -0.364 e. The van der Waals surface area contributed by atoms with Crippen LogP contribution in [0.1, 0.15) is 45.8 Å². The predicted molar refractivity (Wildman–Crippen MR) is 130 cm³/mol. The lowest BCUT2D eigenvalue weighted by Gasteiger charge is -2.19. The van der Waals surface area contributed by atoms with Gasteiger partial charge in [0.1, 0.15) is 5.82 Å². The third kappa shape index (κ3) is 4.92. The standard InChI is InChI=1S/C25H23ClF2N4O2/c1-5-14(3)32-22(13-21(31-32)23(29)33)30-24(34)18-12-15(10-11-20(18)26)17-8-7-9-19(16(17)6-2)25(4,27)28/h5,7-13H,1,3,6H2,2,4H3,(H2,29,33)(H,30,34). The molecule has 176 valence electrons. The lowest BCUT2D eigenvalue weighted by molar-refractivity contribution is 0.0166. The van der Waals surface area contributed by atoms with Crippen molar-refractivity contribution in [2.75, 3.05) is 5.32 Å². The number of carbonyl (C=O) groups is 2. The van der Waals surface area contributed by atoms with Gasteiger partial charge in [0.25, 0.3) is 17.7 Å². The first-order valence-electron chi connectivity index (χ1n) is 10.3. The average Bonchev–Trinajstić information content (AvgIpc) is 3.21. The van der Waals surface area contributed by atoms with E-state index < -0.39 is 17.7 Å². The lowest BCUT2D eigenvalue weighted by atomic mass is 9.90. The van der Waals surface area contributed by atoms with Crippen LogP contribution in [0.2, 0.25) is 5.02 Å². The number of carbonyl (C=O) groups excluding carboxylic acids is 2. The van der Waals surface area contributed by atoms with E-state index in [-0.39, 0.29) is 27.7 Å². The Morgan fingerprint density at radius 3 is 2.56 bits per heavy atom. The summed E-state index contributed by atoms with van der Waals surface area (Å²) in [6.45, 7) is 10.0. The summed E-state index contributed by atoms with van der Waals surface area (Å²) in [6.07, 6.45) is 1.77. The number of hydrogen-bond acceptors (Lipinski definition) is 3. The Hall–Kier alpha value is -3.78. The number of benzene rings is 2. The summed E-state index contributed by atoms with van der Waals surface area (Å²) in [5, 5.41) is 6.82. The molecule has 1 heterocycles. The van der Waals surface area contributed by atoms with Crippen LogP contribution < -0.4 is 11.1 Å². The molecule has 0 radical (unpaired) electrons. The first-order chi connectivity index (χ1) is 16.0. The summed E-state index contributed by atoms with van der Waals surface area (Å²) in [5.41, 5.74) is 7.17. The SMILES string of the molecule is C=CC(=C)n1nc(C(N)=O)cc1NC(=O)c1cc(-c2cccc(C(C)(F)F)c2CC)ccc1Cl. The Balaban J connectivity index is 2.05. The molecule has 0 unspecified atom stereocenters. The molecule has 2 aromatic carbocycles. The van der Waals surface area contributed by atoms with E-state index in [1.807, 2.05) is 0 Å². The Morgan fingerprint density at radius 2 is 1.97 bits per heavy atom. The molecule has 3 N–H and O–H groups in total. The van der Waals surface area contributed by atoms with Crippen molar-refractivity contribution >= 4 is 34.9 Å². The summed E-state index contributed by atoms with van der Waals surface area (Å²) < 4.78 is 29.5. The first-order valence-corrected chi connectivity index (χ1v) is 10.7. The number of amides is 2. The second-order valence-corrected chi connectivity index (χ2v) is 8.02. The van der Waals surface area contributed by atoms with E-state index in [1.165, 1.54) is 35.0 Å². The van der Waals surface area contributed by atoms with Crippen LogP contribution >= 0.6 is 11.6 Å². The number of allylic oxidation sites excluding steroid dienone is 2. The van der Waals surface area contributed by atoms with Crippen molar-refractivity contribution in [2.45, 2.75) is 26.2 Å². The number of aromatic nitrogens is 2. The van der Waals surface area contributed by atoms with Gasteiger partial charge in [0.05, 0.1) is 16.3 Å². The van der Waals surface area contributed by atoms with E-state index in [0.717, 1.165) is 6.92 Å². The van der Waals surface area contributed by atoms with Gasteiger partial charge in [-0.1, -0.05) is 55.9 Å². The molecule has 0 atom stereocenters. The molecule has 1 aromatic heterocycles. The summed E-state index contributed by atoms with van der Waals surface area (Å²) in [7, 11) is 0. The Morgan fingerprint density at radius 1 is 1.26 bits per heavy atom. The predicted octanol–water partition coefficient (Wildman–Crippen LogP) is 5.89. The molecule has 9 heteroatoms. The average molecular weight is 485 g/mol. The highest BCUT2D eigenvalue weighted by atomic mass is 35.5. The van der Waals surface area contributed by atoms with Gasteiger partial charge in [0.15, 0.2) is 5.69 Å². The van der Waals surface area contributed by atoms with E-state index in [2.05, 4.69) is 23.6 Å². The van der Waals surface area contributed by atoms with Crippen LogP contribution in [0.15, 0.2) is 61.7 Å². The number of hydrogen-bond donors (Lipinski definition) is 2. The molecule has 0 saturated heterocycles. The number of primary amides is 1. The van der Waals surface area contributed by atoms with E-state index in [1.54, 1.807) is 25.1 Å². The second kappa shape index (κ2) is 9.61. The molecule has 0 aliphatic heterocycles. The summed E-state index contributed by atoms with van der Waals surface area (Å²) in [5.74, 6) is -4.27. The molecule has 0 aliphatic rings. The number of rotatable bonds is 8. The van der Waals surface area contributed by atoms with Crippen LogP contribution in [-0.2, 0) is 12.3 Å². The number of nitrogens with two attached hydrogens (primary N) is 1. The zero-order chi connectivity index (χ0) is 25.2. The second-order valence-electron chi connectivity index (χ2n) is 7.61. The molecule has 2 amide bonds. The van der Waals surface area contributed by atoms with Crippen LogP contribution in [0.25, 0.3) is 16.8 Å². The largest absolute Gasteiger partial charge is 0.364 e. The summed E-state index contributed by atoms with van der Waals surface area (Å²) in [4.78, 5) is 24.7. The van der Waals surface area contributed by atoms with Crippen molar-refractivity contribution in [3.8, 4) is 11.1 Å². The van der Waals surface area contributed by atoms with Gasteiger partial charge < -0.3 is 11.1 Å². The van der Waals surface area contributed by atoms with E-state index in [9.17, 15) is 18.4 Å². The third-order valence-electron chi connectivity index (χ3n) is 5.24. The molecule has 6 nitrogen and oxygen atoms in total. The molecule has 34 heavy (non-hydrogen) atoms. The van der Waals surface area contributed by atoms with E-state index in [4.69, 9.17) is 17.3 Å². The normalized spacial score (nSPS) is 11.2. The summed E-state index contributed by atoms with van der Waals surface area (Å²) >= 11 is 6.30. The van der Waals surface area contributed by atoms with E-state index >= 15 is 0 Å². The van der Waals surface area contributed by atoms with Crippen LogP contribution in [0.5, 0.6) is 0 Å². The van der Waals surface area contributed by atoms with E-state index in [0.29, 0.717) is 28.8 Å². The van der Waals surface area contributed by atoms with Gasteiger partial charge >= 0.3 is 0 Å². The molecule has 0 aliphatic carbocycles. The molecule has 3 aromatic rings. The highest BCUT2D eigenvalue weighted by Crippen LogP contribution is 2.36. The van der Waals surface area contributed by atoms with Crippen molar-refractivity contribution in [2.24, 2.45) is 5.73 Å². The molecular formula is C25H23ClF2N4O2. The van der Waals surface area contributed by atoms with Gasteiger partial charge in [-0.25, -0.2) is 13.5 Å². The third-order valence-corrected chi connectivity index (χ3v) is 5.57. The molecule has 3 rings (SSSR count). The number of halogens is 3. The van der Waals surface area contributed by atoms with Crippen molar-refractivity contribution < 1.29 is 18.4 Å². The molecule has 0 fully saturated rings. The maximum absolute atomic E-state index is 14.2. The van der Waals surface area contributed by atoms with Crippen LogP contribution in [-0.4, -0.2) is 21.6 Å². The fraction of sp³-hybridized carbons (Fsp3) is 0.160. The highest BCUT2D eigenvalue weighted by Gasteiger charge is 2.28. The van der Waals surface area contributed by atoms with Gasteiger partial charge in [0.2, 0.25) is 0 Å².